The number of hydrogen-bond acceptors (Lipinski definition) is 0. The summed E-state index contributed by atoms with van der Waals surface area (Å²) in [6.45, 7) is 1.98. The Balaban J connectivity index is 2.06. The Labute approximate surface area is 133 Å². The standard InChI is InChI=1S/C19H13ClF2/c1-12-5-7-13(8-6-12)15-10-9-14(11-18(15)22)16-3-2-4-17(21)19(16)20/h2-11H,1H3. The molecular weight excluding hydrogens is 302 g/mol. The fraction of sp³-hybridized carbons (Fsp3) is 0.0526. The minimum atomic E-state index is -0.512. The lowest BCUT2D eigenvalue weighted by molar-refractivity contribution is 0.627. The molecule has 0 heterocycles. The molecule has 0 atom stereocenters. The molecule has 22 heavy (non-hydrogen) atoms. The highest BCUT2D eigenvalue weighted by Gasteiger charge is 2.11. The fourth-order valence-corrected chi connectivity index (χ4v) is 2.61. The van der Waals surface area contributed by atoms with Gasteiger partial charge in [0.2, 0.25) is 0 Å². The zero-order chi connectivity index (χ0) is 15.7. The monoisotopic (exact) mass is 314 g/mol. The van der Waals surface area contributed by atoms with E-state index in [1.54, 1.807) is 24.3 Å². The van der Waals surface area contributed by atoms with Crippen LogP contribution in [-0.4, -0.2) is 0 Å². The quantitative estimate of drug-likeness (QED) is 0.523. The van der Waals surface area contributed by atoms with Crippen LogP contribution in [0.3, 0.4) is 0 Å². The molecule has 3 heteroatoms. The third-order valence-electron chi connectivity index (χ3n) is 3.59. The summed E-state index contributed by atoms with van der Waals surface area (Å²) in [7, 11) is 0. The van der Waals surface area contributed by atoms with Crippen LogP contribution in [-0.2, 0) is 0 Å². The molecule has 3 aromatic rings. The van der Waals surface area contributed by atoms with Crippen molar-refractivity contribution in [2.24, 2.45) is 0 Å². The summed E-state index contributed by atoms with van der Waals surface area (Å²) in [6, 6.07) is 17.0. The van der Waals surface area contributed by atoms with Crippen molar-refractivity contribution in [3.05, 3.63) is 82.9 Å². The van der Waals surface area contributed by atoms with Gasteiger partial charge in [0.1, 0.15) is 11.6 Å². The molecule has 0 nitrogen and oxygen atoms in total. The van der Waals surface area contributed by atoms with Gasteiger partial charge >= 0.3 is 0 Å². The number of rotatable bonds is 2. The lowest BCUT2D eigenvalue weighted by atomic mass is 9.99. The van der Waals surface area contributed by atoms with E-state index in [-0.39, 0.29) is 10.8 Å². The van der Waals surface area contributed by atoms with E-state index in [0.29, 0.717) is 16.7 Å². The van der Waals surface area contributed by atoms with Gasteiger partial charge in [-0.05, 0) is 30.2 Å². The third-order valence-corrected chi connectivity index (χ3v) is 3.98. The molecule has 0 saturated heterocycles. The molecule has 0 amide bonds. The molecule has 0 aromatic heterocycles. The smallest absolute Gasteiger partial charge is 0.142 e. The molecule has 0 spiro atoms. The van der Waals surface area contributed by atoms with Crippen molar-refractivity contribution in [1.29, 1.82) is 0 Å². The first-order valence-corrected chi connectivity index (χ1v) is 7.25. The van der Waals surface area contributed by atoms with Gasteiger partial charge in [0.05, 0.1) is 5.02 Å². The number of aryl methyl sites for hydroxylation is 1. The molecular formula is C19H13ClF2. The van der Waals surface area contributed by atoms with Crippen LogP contribution in [0.1, 0.15) is 5.56 Å². The van der Waals surface area contributed by atoms with Crippen LogP contribution in [0.4, 0.5) is 8.78 Å². The highest BCUT2D eigenvalue weighted by atomic mass is 35.5. The zero-order valence-corrected chi connectivity index (χ0v) is 12.7. The Morgan fingerprint density at radius 1 is 0.727 bits per heavy atom. The molecule has 0 aliphatic carbocycles. The average molecular weight is 315 g/mol. The average Bonchev–Trinajstić information content (AvgIpc) is 2.51. The maximum Gasteiger partial charge on any atom is 0.142 e. The van der Waals surface area contributed by atoms with Crippen LogP contribution in [0, 0.1) is 18.6 Å². The van der Waals surface area contributed by atoms with Crippen molar-refractivity contribution in [3.8, 4) is 22.3 Å². The van der Waals surface area contributed by atoms with E-state index in [4.69, 9.17) is 11.6 Å². The zero-order valence-electron chi connectivity index (χ0n) is 11.9. The predicted molar refractivity (Wildman–Crippen MR) is 87.0 cm³/mol. The minimum Gasteiger partial charge on any atom is -0.206 e. The molecule has 0 N–H and O–H groups in total. The van der Waals surface area contributed by atoms with E-state index >= 15 is 0 Å². The van der Waals surface area contributed by atoms with E-state index in [2.05, 4.69) is 0 Å². The van der Waals surface area contributed by atoms with Gasteiger partial charge < -0.3 is 0 Å². The van der Waals surface area contributed by atoms with Crippen molar-refractivity contribution in [2.45, 2.75) is 6.92 Å². The lowest BCUT2D eigenvalue weighted by Gasteiger charge is -2.09. The maximum atomic E-state index is 14.4. The van der Waals surface area contributed by atoms with Crippen LogP contribution >= 0.6 is 11.6 Å². The molecule has 0 bridgehead atoms. The van der Waals surface area contributed by atoms with Gasteiger partial charge in [-0.25, -0.2) is 8.78 Å². The largest absolute Gasteiger partial charge is 0.206 e. The normalized spacial score (nSPS) is 10.7. The van der Waals surface area contributed by atoms with E-state index in [1.807, 2.05) is 31.2 Å². The summed E-state index contributed by atoms with van der Waals surface area (Å²) >= 11 is 5.96. The third kappa shape index (κ3) is 2.75. The predicted octanol–water partition coefficient (Wildman–Crippen LogP) is 6.26. The first-order valence-electron chi connectivity index (χ1n) is 6.87. The Kier molecular flexibility index (Phi) is 3.95. The second kappa shape index (κ2) is 5.90. The van der Waals surface area contributed by atoms with E-state index in [1.165, 1.54) is 12.1 Å². The second-order valence-electron chi connectivity index (χ2n) is 5.16. The van der Waals surface area contributed by atoms with Crippen molar-refractivity contribution in [1.82, 2.24) is 0 Å². The van der Waals surface area contributed by atoms with Gasteiger partial charge in [-0.1, -0.05) is 65.7 Å². The maximum absolute atomic E-state index is 14.4. The van der Waals surface area contributed by atoms with E-state index in [0.717, 1.165) is 11.1 Å². The molecule has 0 unspecified atom stereocenters. The van der Waals surface area contributed by atoms with Crippen LogP contribution in [0.25, 0.3) is 22.3 Å². The molecule has 0 aliphatic rings. The van der Waals surface area contributed by atoms with Crippen LogP contribution in [0.2, 0.25) is 5.02 Å². The van der Waals surface area contributed by atoms with Crippen molar-refractivity contribution < 1.29 is 8.78 Å². The highest BCUT2D eigenvalue weighted by Crippen LogP contribution is 2.33. The van der Waals surface area contributed by atoms with Gasteiger partial charge in [0, 0.05) is 11.1 Å². The van der Waals surface area contributed by atoms with Gasteiger partial charge in [0.15, 0.2) is 0 Å². The summed E-state index contributed by atoms with van der Waals surface area (Å²) < 4.78 is 27.9. The van der Waals surface area contributed by atoms with Crippen LogP contribution in [0.5, 0.6) is 0 Å². The SMILES string of the molecule is Cc1ccc(-c2ccc(-c3cccc(F)c3Cl)cc2F)cc1. The summed E-state index contributed by atoms with van der Waals surface area (Å²) in [4.78, 5) is 0. The first-order chi connectivity index (χ1) is 10.6. The molecule has 0 saturated carbocycles. The Bertz CT molecular complexity index is 823. The van der Waals surface area contributed by atoms with Gasteiger partial charge in [-0.2, -0.15) is 0 Å². The molecule has 3 rings (SSSR count). The molecule has 0 fully saturated rings. The van der Waals surface area contributed by atoms with E-state index in [9.17, 15) is 8.78 Å². The number of hydrogen-bond donors (Lipinski definition) is 0. The highest BCUT2D eigenvalue weighted by molar-refractivity contribution is 6.33. The van der Waals surface area contributed by atoms with Crippen LogP contribution in [0.15, 0.2) is 60.7 Å². The minimum absolute atomic E-state index is 0.00462. The number of benzene rings is 3. The molecule has 110 valence electrons. The lowest BCUT2D eigenvalue weighted by Crippen LogP contribution is -1.88. The van der Waals surface area contributed by atoms with Crippen molar-refractivity contribution >= 4 is 11.6 Å². The van der Waals surface area contributed by atoms with Crippen molar-refractivity contribution in [3.63, 3.8) is 0 Å². The van der Waals surface area contributed by atoms with Gasteiger partial charge in [0.25, 0.3) is 0 Å². The molecule has 0 aliphatic heterocycles. The number of halogens is 3. The molecule has 3 aromatic carbocycles. The Hall–Kier alpha value is -2.19. The Morgan fingerprint density at radius 3 is 2.09 bits per heavy atom. The van der Waals surface area contributed by atoms with Gasteiger partial charge in [-0.3, -0.25) is 0 Å². The first kappa shape index (κ1) is 14.7. The van der Waals surface area contributed by atoms with Gasteiger partial charge in [-0.15, -0.1) is 0 Å². The molecule has 0 radical (unpaired) electrons. The summed E-state index contributed by atoms with van der Waals surface area (Å²) in [5.41, 5.74) is 3.47. The van der Waals surface area contributed by atoms with Crippen molar-refractivity contribution in [2.75, 3.05) is 0 Å². The Morgan fingerprint density at radius 2 is 1.41 bits per heavy atom. The summed E-state index contributed by atoms with van der Waals surface area (Å²) in [6.07, 6.45) is 0. The fourth-order valence-electron chi connectivity index (χ4n) is 2.38. The summed E-state index contributed by atoms with van der Waals surface area (Å²) in [5.74, 6) is -0.871. The van der Waals surface area contributed by atoms with Crippen LogP contribution < -0.4 is 0 Å². The summed E-state index contributed by atoms with van der Waals surface area (Å²) in [5, 5.41) is 0.00462. The van der Waals surface area contributed by atoms with E-state index < -0.39 is 5.82 Å². The second-order valence-corrected chi connectivity index (χ2v) is 5.54. The topological polar surface area (TPSA) is 0 Å².